The van der Waals surface area contributed by atoms with Crippen molar-refractivity contribution in [1.82, 2.24) is 25.2 Å². The molecule has 1 atom stereocenters. The second-order valence-electron chi connectivity index (χ2n) is 3.78. The van der Waals surface area contributed by atoms with Crippen LogP contribution in [-0.4, -0.2) is 19.9 Å². The molecule has 0 fully saturated rings. The molecule has 1 unspecified atom stereocenters. The predicted molar refractivity (Wildman–Crippen MR) is 57.5 cm³/mol. The summed E-state index contributed by atoms with van der Waals surface area (Å²) in [6.07, 6.45) is 3.83. The number of hydrogen-bond acceptors (Lipinski definition) is 5. The third-order valence-corrected chi connectivity index (χ3v) is 2.36. The summed E-state index contributed by atoms with van der Waals surface area (Å²) in [4.78, 5) is 4.12. The molecule has 0 amide bonds. The van der Waals surface area contributed by atoms with E-state index < -0.39 is 0 Å². The summed E-state index contributed by atoms with van der Waals surface area (Å²) in [5, 5.41) is 11.2. The van der Waals surface area contributed by atoms with Gasteiger partial charge in [-0.3, -0.25) is 4.68 Å². The fraction of sp³-hybridized carbons (Fsp3) is 0.500. The highest BCUT2D eigenvalue weighted by Gasteiger charge is 2.08. The van der Waals surface area contributed by atoms with E-state index in [1.165, 1.54) is 0 Å². The van der Waals surface area contributed by atoms with Crippen molar-refractivity contribution in [3.05, 3.63) is 29.7 Å². The Morgan fingerprint density at radius 1 is 1.56 bits per heavy atom. The first-order chi connectivity index (χ1) is 7.65. The van der Waals surface area contributed by atoms with Gasteiger partial charge < -0.3 is 9.84 Å². The van der Waals surface area contributed by atoms with Gasteiger partial charge >= 0.3 is 0 Å². The van der Waals surface area contributed by atoms with Crippen LogP contribution in [-0.2, 0) is 13.6 Å². The van der Waals surface area contributed by atoms with E-state index in [1.54, 1.807) is 11.6 Å². The summed E-state index contributed by atoms with van der Waals surface area (Å²) >= 11 is 0. The van der Waals surface area contributed by atoms with Crippen molar-refractivity contribution in [2.24, 2.45) is 7.05 Å². The minimum atomic E-state index is 0.215. The van der Waals surface area contributed by atoms with Crippen LogP contribution in [0.4, 0.5) is 0 Å². The molecular weight excluding hydrogens is 206 g/mol. The van der Waals surface area contributed by atoms with E-state index in [-0.39, 0.29) is 6.04 Å². The molecule has 6 heteroatoms. The molecule has 0 bridgehead atoms. The Labute approximate surface area is 93.7 Å². The van der Waals surface area contributed by atoms with Crippen molar-refractivity contribution < 1.29 is 4.52 Å². The highest BCUT2D eigenvalue weighted by atomic mass is 16.5. The minimum Gasteiger partial charge on any atom is -0.340 e. The van der Waals surface area contributed by atoms with Crippen molar-refractivity contribution in [3.8, 4) is 0 Å². The van der Waals surface area contributed by atoms with Crippen LogP contribution in [0.5, 0.6) is 0 Å². The topological polar surface area (TPSA) is 68.8 Å². The molecular formula is C10H15N5O. The quantitative estimate of drug-likeness (QED) is 0.832. The summed E-state index contributed by atoms with van der Waals surface area (Å²) in [6.45, 7) is 4.44. The van der Waals surface area contributed by atoms with E-state index >= 15 is 0 Å². The van der Waals surface area contributed by atoms with Gasteiger partial charge in [0.1, 0.15) is 0 Å². The normalized spacial score (nSPS) is 12.9. The summed E-state index contributed by atoms with van der Waals surface area (Å²) in [5.41, 5.74) is 1.14. The fourth-order valence-corrected chi connectivity index (χ4v) is 1.44. The highest BCUT2D eigenvalue weighted by Crippen LogP contribution is 2.10. The summed E-state index contributed by atoms with van der Waals surface area (Å²) in [6, 6.07) is 0.215. The zero-order chi connectivity index (χ0) is 11.5. The Bertz CT molecular complexity index is 461. The molecule has 0 aliphatic heterocycles. The summed E-state index contributed by atoms with van der Waals surface area (Å²) in [7, 11) is 1.90. The first kappa shape index (κ1) is 10.8. The minimum absolute atomic E-state index is 0.215. The average Bonchev–Trinajstić information content (AvgIpc) is 2.84. The van der Waals surface area contributed by atoms with Crippen molar-refractivity contribution >= 4 is 0 Å². The Balaban J connectivity index is 1.91. The molecule has 6 nitrogen and oxygen atoms in total. The van der Waals surface area contributed by atoms with Gasteiger partial charge in [-0.2, -0.15) is 10.1 Å². The van der Waals surface area contributed by atoms with Crippen molar-refractivity contribution in [2.75, 3.05) is 0 Å². The Morgan fingerprint density at radius 2 is 2.38 bits per heavy atom. The van der Waals surface area contributed by atoms with Gasteiger partial charge in [0, 0.05) is 31.8 Å². The number of aromatic nitrogens is 4. The molecule has 2 aromatic rings. The molecule has 0 saturated heterocycles. The monoisotopic (exact) mass is 221 g/mol. The smallest absolute Gasteiger partial charge is 0.223 e. The summed E-state index contributed by atoms with van der Waals surface area (Å²) < 4.78 is 6.67. The lowest BCUT2D eigenvalue weighted by Crippen LogP contribution is -2.18. The van der Waals surface area contributed by atoms with Crippen LogP contribution < -0.4 is 5.32 Å². The molecule has 2 aromatic heterocycles. The molecule has 0 aromatic carbocycles. The third kappa shape index (κ3) is 2.46. The first-order valence-electron chi connectivity index (χ1n) is 5.16. The number of nitrogens with zero attached hydrogens (tertiary/aromatic N) is 4. The van der Waals surface area contributed by atoms with E-state index in [0.29, 0.717) is 18.3 Å². The van der Waals surface area contributed by atoms with Crippen molar-refractivity contribution in [3.63, 3.8) is 0 Å². The van der Waals surface area contributed by atoms with Crippen LogP contribution in [0.3, 0.4) is 0 Å². The maximum Gasteiger partial charge on any atom is 0.223 e. The molecule has 0 aliphatic carbocycles. The fourth-order valence-electron chi connectivity index (χ4n) is 1.44. The van der Waals surface area contributed by atoms with E-state index in [2.05, 4.69) is 27.5 Å². The van der Waals surface area contributed by atoms with Crippen LogP contribution in [0, 0.1) is 6.92 Å². The van der Waals surface area contributed by atoms with Gasteiger partial charge in [0.2, 0.25) is 5.89 Å². The van der Waals surface area contributed by atoms with E-state index in [1.807, 2.05) is 19.4 Å². The highest BCUT2D eigenvalue weighted by molar-refractivity contribution is 5.09. The second kappa shape index (κ2) is 4.44. The Kier molecular flexibility index (Phi) is 3.00. The Morgan fingerprint density at radius 3 is 2.94 bits per heavy atom. The lowest BCUT2D eigenvalue weighted by Gasteiger charge is -2.09. The lowest BCUT2D eigenvalue weighted by atomic mass is 10.2. The molecule has 0 saturated carbocycles. The van der Waals surface area contributed by atoms with E-state index in [9.17, 15) is 0 Å². The summed E-state index contributed by atoms with van der Waals surface area (Å²) in [5.74, 6) is 1.26. The van der Waals surface area contributed by atoms with Crippen LogP contribution in [0.2, 0.25) is 0 Å². The zero-order valence-electron chi connectivity index (χ0n) is 9.64. The molecule has 1 N–H and O–H groups in total. The largest absolute Gasteiger partial charge is 0.340 e. The number of hydrogen-bond donors (Lipinski definition) is 1. The van der Waals surface area contributed by atoms with Crippen molar-refractivity contribution in [2.45, 2.75) is 26.4 Å². The number of nitrogens with one attached hydrogen (secondary N) is 1. The van der Waals surface area contributed by atoms with Gasteiger partial charge in [0.25, 0.3) is 0 Å². The van der Waals surface area contributed by atoms with Gasteiger partial charge in [0.05, 0.1) is 12.7 Å². The zero-order valence-corrected chi connectivity index (χ0v) is 9.64. The predicted octanol–water partition coefficient (Wildman–Crippen LogP) is 0.962. The van der Waals surface area contributed by atoms with Crippen LogP contribution >= 0.6 is 0 Å². The van der Waals surface area contributed by atoms with Crippen LogP contribution in [0.15, 0.2) is 16.9 Å². The molecule has 0 spiro atoms. The van der Waals surface area contributed by atoms with Crippen LogP contribution in [0.1, 0.15) is 30.2 Å². The van der Waals surface area contributed by atoms with Gasteiger partial charge in [-0.05, 0) is 6.92 Å². The molecule has 0 aliphatic rings. The van der Waals surface area contributed by atoms with E-state index in [4.69, 9.17) is 4.52 Å². The van der Waals surface area contributed by atoms with Crippen LogP contribution in [0.25, 0.3) is 0 Å². The maximum absolute atomic E-state index is 4.89. The third-order valence-electron chi connectivity index (χ3n) is 2.36. The number of rotatable bonds is 4. The lowest BCUT2D eigenvalue weighted by molar-refractivity contribution is 0.384. The van der Waals surface area contributed by atoms with Gasteiger partial charge in [-0.1, -0.05) is 5.16 Å². The standard InChI is InChI=1S/C10H15N5O/c1-7(9-4-12-15(3)6-9)11-5-10-13-8(2)16-14-10/h4,6-7,11H,5H2,1-3H3. The molecule has 0 radical (unpaired) electrons. The van der Waals surface area contributed by atoms with E-state index in [0.717, 1.165) is 5.56 Å². The molecule has 2 heterocycles. The molecule has 86 valence electrons. The average molecular weight is 221 g/mol. The van der Waals surface area contributed by atoms with Gasteiger partial charge in [0.15, 0.2) is 5.82 Å². The number of aryl methyl sites for hydroxylation is 2. The maximum atomic E-state index is 4.89. The van der Waals surface area contributed by atoms with Gasteiger partial charge in [-0.15, -0.1) is 0 Å². The molecule has 16 heavy (non-hydrogen) atoms. The van der Waals surface area contributed by atoms with Gasteiger partial charge in [-0.25, -0.2) is 0 Å². The SMILES string of the molecule is Cc1nc(CNC(C)c2cnn(C)c2)no1. The first-order valence-corrected chi connectivity index (χ1v) is 5.16. The Hall–Kier alpha value is -1.69. The molecule has 2 rings (SSSR count). The van der Waals surface area contributed by atoms with Crippen molar-refractivity contribution in [1.29, 1.82) is 0 Å². The second-order valence-corrected chi connectivity index (χ2v) is 3.78.